The van der Waals surface area contributed by atoms with Crippen LogP contribution in [0.25, 0.3) is 221 Å². The summed E-state index contributed by atoms with van der Waals surface area (Å²) in [5.41, 5.74) is 32.3. The SMILES string of the molecule is c1cc(-c2ccccc2-n2c3ccccc3c3ccccc32)cc(-n2c3ccc(-c4ccc5c(c4)c4ccccc4n5-c4ccccc4-c4ccc(-n5c6ccccc6c6ccccc65)cc4)cc3c3cc(-c4ccc5c(c4)c4ccccc4n5-c4ccccc4-c4ccccc4-n4c5ccccc5c5ccccc54)ccc32)c1. The molecule has 0 unspecified atom stereocenters. The summed E-state index contributed by atoms with van der Waals surface area (Å²) in [5, 5.41) is 14.6. The van der Waals surface area contributed by atoms with Crippen LogP contribution in [0.4, 0.5) is 0 Å². The summed E-state index contributed by atoms with van der Waals surface area (Å²) in [6.07, 6.45) is 0. The Balaban J connectivity index is 0.656. The van der Waals surface area contributed by atoms with Crippen LogP contribution in [0.15, 0.2) is 413 Å². The number of nitrogens with zero attached hydrogens (tertiary/aromatic N) is 6. The van der Waals surface area contributed by atoms with Crippen LogP contribution in [0, 0.1) is 0 Å². The molecule has 114 heavy (non-hydrogen) atoms. The Hall–Kier alpha value is -15.2. The van der Waals surface area contributed by atoms with E-state index >= 15 is 0 Å². The van der Waals surface area contributed by atoms with Gasteiger partial charge in [0.15, 0.2) is 0 Å². The summed E-state index contributed by atoms with van der Waals surface area (Å²) in [6, 6.07) is 153. The van der Waals surface area contributed by atoms with E-state index in [1.54, 1.807) is 0 Å². The van der Waals surface area contributed by atoms with E-state index in [0.717, 1.165) is 117 Å². The van der Waals surface area contributed by atoms with Gasteiger partial charge in [-0.2, -0.15) is 0 Å². The van der Waals surface area contributed by atoms with Crippen LogP contribution in [0.5, 0.6) is 0 Å². The Labute approximate surface area is 656 Å². The van der Waals surface area contributed by atoms with Gasteiger partial charge in [0.25, 0.3) is 0 Å². The van der Waals surface area contributed by atoms with E-state index in [0.29, 0.717) is 0 Å². The molecular formula is C108H68N6. The Morgan fingerprint density at radius 2 is 0.342 bits per heavy atom. The number of aromatic nitrogens is 6. The molecule has 530 valence electrons. The molecule has 6 aromatic heterocycles. The summed E-state index contributed by atoms with van der Waals surface area (Å²) >= 11 is 0. The monoisotopic (exact) mass is 1450 g/mol. The number of hydrogen-bond acceptors (Lipinski definition) is 0. The zero-order valence-electron chi connectivity index (χ0n) is 61.9. The number of benzene rings is 18. The van der Waals surface area contributed by atoms with Crippen molar-refractivity contribution in [1.29, 1.82) is 0 Å². The molecule has 6 nitrogen and oxygen atoms in total. The summed E-state index contributed by atoms with van der Waals surface area (Å²) in [7, 11) is 0. The molecule has 6 heterocycles. The molecule has 0 saturated carbocycles. The Kier molecular flexibility index (Phi) is 14.0. The maximum Gasteiger partial charge on any atom is 0.0541 e. The van der Waals surface area contributed by atoms with E-state index in [9.17, 15) is 0 Å². The summed E-state index contributed by atoms with van der Waals surface area (Å²) in [4.78, 5) is 0. The van der Waals surface area contributed by atoms with Crippen LogP contribution in [0.2, 0.25) is 0 Å². The van der Waals surface area contributed by atoms with Crippen molar-refractivity contribution in [3.05, 3.63) is 413 Å². The van der Waals surface area contributed by atoms with Gasteiger partial charge < -0.3 is 27.4 Å². The quantitative estimate of drug-likeness (QED) is 0.124. The van der Waals surface area contributed by atoms with Crippen LogP contribution in [-0.4, -0.2) is 27.4 Å². The zero-order chi connectivity index (χ0) is 74.6. The lowest BCUT2D eigenvalue weighted by Gasteiger charge is -2.18. The largest absolute Gasteiger partial charge is 0.309 e. The Morgan fingerprint density at radius 3 is 0.684 bits per heavy atom. The van der Waals surface area contributed by atoms with Crippen molar-refractivity contribution in [2.45, 2.75) is 0 Å². The fourth-order valence-electron chi connectivity index (χ4n) is 19.3. The third kappa shape index (κ3) is 9.55. The highest BCUT2D eigenvalue weighted by Crippen LogP contribution is 2.47. The van der Waals surface area contributed by atoms with E-state index in [2.05, 4.69) is 440 Å². The highest BCUT2D eigenvalue weighted by molar-refractivity contribution is 6.17. The van der Waals surface area contributed by atoms with Crippen molar-refractivity contribution in [2.24, 2.45) is 0 Å². The van der Waals surface area contributed by atoms with Gasteiger partial charge in [0.2, 0.25) is 0 Å². The first-order valence-corrected chi connectivity index (χ1v) is 39.3. The average Bonchev–Trinajstić information content (AvgIpc) is 1.60. The van der Waals surface area contributed by atoms with Crippen molar-refractivity contribution in [3.63, 3.8) is 0 Å². The van der Waals surface area contributed by atoms with Gasteiger partial charge in [-0.15, -0.1) is 0 Å². The molecule has 6 heteroatoms. The van der Waals surface area contributed by atoms with Gasteiger partial charge in [-0.05, 0) is 179 Å². The number of para-hydroxylation sites is 12. The Bertz CT molecular complexity index is 7960. The molecule has 0 saturated heterocycles. The molecule has 0 aliphatic carbocycles. The summed E-state index contributed by atoms with van der Waals surface area (Å²) in [5.74, 6) is 0. The molecule has 0 fully saturated rings. The second-order valence-electron chi connectivity index (χ2n) is 30.2. The predicted octanol–water partition coefficient (Wildman–Crippen LogP) is 28.6. The standard InChI is InChI=1S/C108H68N6/c1-13-40-93(77(28-1)69-52-58-75(59-53-69)109-95-42-15-3-30-79(95)80-31-4-16-43-96(80)109)112-103-50-23-11-38-87(103)89-65-70(56-62-107(89)112)72-54-60-105-91(67-72)92-68-73(55-61-106(92)110(105)76-27-25-26-74(64-76)78-29-2-14-41-94(78)111-97-44-17-5-32-81(97)82-33-6-18-45-98(82)111)71-57-63-108-90(66-71)88-39-12-24-51-104(88)114(108)102-49-22-10-37-86(102)85-36-9-21-48-101(85)113-99-46-19-7-34-83(99)84-35-8-20-47-100(84)113/h1-68H. The fraction of sp³-hybridized carbons (Fsp3) is 0. The molecule has 0 spiro atoms. The molecule has 0 radical (unpaired) electrons. The van der Waals surface area contributed by atoms with Gasteiger partial charge in [0.1, 0.15) is 0 Å². The maximum atomic E-state index is 2.49. The molecule has 0 N–H and O–H groups in total. The second-order valence-corrected chi connectivity index (χ2v) is 30.2. The normalized spacial score (nSPS) is 12.0. The molecule has 24 aromatic rings. The highest BCUT2D eigenvalue weighted by atomic mass is 15.0. The lowest BCUT2D eigenvalue weighted by molar-refractivity contribution is 1.16. The topological polar surface area (TPSA) is 29.6 Å². The van der Waals surface area contributed by atoms with E-state index in [1.807, 2.05) is 0 Å². The number of rotatable bonds is 11. The first-order chi connectivity index (χ1) is 56.6. The maximum absolute atomic E-state index is 2.49. The van der Waals surface area contributed by atoms with Crippen LogP contribution < -0.4 is 0 Å². The van der Waals surface area contributed by atoms with Gasteiger partial charge in [-0.3, -0.25) is 0 Å². The average molecular weight is 1450 g/mol. The van der Waals surface area contributed by atoms with Crippen molar-refractivity contribution >= 4 is 131 Å². The van der Waals surface area contributed by atoms with Crippen molar-refractivity contribution in [3.8, 4) is 89.8 Å². The van der Waals surface area contributed by atoms with Crippen molar-refractivity contribution in [2.75, 3.05) is 0 Å². The first-order valence-electron chi connectivity index (χ1n) is 39.3. The second kappa shape index (κ2) is 25.2. The van der Waals surface area contributed by atoms with E-state index in [4.69, 9.17) is 0 Å². The van der Waals surface area contributed by atoms with Gasteiger partial charge in [0.05, 0.1) is 88.9 Å². The van der Waals surface area contributed by atoms with Gasteiger partial charge in [-0.25, -0.2) is 0 Å². The summed E-state index contributed by atoms with van der Waals surface area (Å²) in [6.45, 7) is 0. The lowest BCUT2D eigenvalue weighted by Crippen LogP contribution is -2.01. The van der Waals surface area contributed by atoms with Gasteiger partial charge in [-0.1, -0.05) is 267 Å². The minimum absolute atomic E-state index is 1.09. The molecule has 18 aromatic carbocycles. The number of fused-ring (bicyclic) bond motifs is 18. The van der Waals surface area contributed by atoms with Crippen molar-refractivity contribution < 1.29 is 0 Å². The molecular weight excluding hydrogens is 1380 g/mol. The molecule has 0 aliphatic heterocycles. The molecule has 0 amide bonds. The minimum Gasteiger partial charge on any atom is -0.309 e. The third-order valence-electron chi connectivity index (χ3n) is 24.2. The lowest BCUT2D eigenvalue weighted by atomic mass is 9.98. The molecule has 24 rings (SSSR count). The summed E-state index contributed by atoms with van der Waals surface area (Å²) < 4.78 is 14.7. The van der Waals surface area contributed by atoms with Crippen LogP contribution >= 0.6 is 0 Å². The van der Waals surface area contributed by atoms with Gasteiger partial charge >= 0.3 is 0 Å². The zero-order valence-corrected chi connectivity index (χ0v) is 61.9. The molecule has 0 atom stereocenters. The van der Waals surface area contributed by atoms with E-state index in [-0.39, 0.29) is 0 Å². The van der Waals surface area contributed by atoms with Gasteiger partial charge in [0, 0.05) is 98.3 Å². The molecule has 0 aliphatic rings. The minimum atomic E-state index is 1.09. The van der Waals surface area contributed by atoms with Crippen LogP contribution in [0.1, 0.15) is 0 Å². The van der Waals surface area contributed by atoms with Crippen LogP contribution in [0.3, 0.4) is 0 Å². The number of hydrogen-bond donors (Lipinski definition) is 0. The highest BCUT2D eigenvalue weighted by Gasteiger charge is 2.25. The fourth-order valence-corrected chi connectivity index (χ4v) is 19.3. The molecule has 0 bridgehead atoms. The van der Waals surface area contributed by atoms with E-state index in [1.165, 1.54) is 103 Å². The predicted molar refractivity (Wildman–Crippen MR) is 480 cm³/mol. The smallest absolute Gasteiger partial charge is 0.0541 e. The van der Waals surface area contributed by atoms with E-state index < -0.39 is 0 Å². The first kappa shape index (κ1) is 63.7. The van der Waals surface area contributed by atoms with Crippen LogP contribution in [-0.2, 0) is 0 Å². The van der Waals surface area contributed by atoms with Crippen molar-refractivity contribution in [1.82, 2.24) is 27.4 Å². The Morgan fingerprint density at radius 1 is 0.114 bits per heavy atom. The third-order valence-corrected chi connectivity index (χ3v) is 24.2.